The van der Waals surface area contributed by atoms with Crippen LogP contribution in [-0.4, -0.2) is 5.91 Å². The third kappa shape index (κ3) is 6.13. The fraction of sp³-hybridized carbons (Fsp3) is 0.321. The van der Waals surface area contributed by atoms with Gasteiger partial charge in [-0.25, -0.2) is 0 Å². The zero-order valence-electron chi connectivity index (χ0n) is 19.7. The fourth-order valence-corrected chi connectivity index (χ4v) is 3.66. The SMILES string of the molecule is CCCC(=O)Nc1cc(C)c(Oc2ccc(OCc3ccccc3)c(C(C)C)c2)c(C)c1. The molecule has 168 valence electrons. The molecule has 0 bridgehead atoms. The summed E-state index contributed by atoms with van der Waals surface area (Å²) in [6.07, 6.45) is 1.35. The second-order valence-electron chi connectivity index (χ2n) is 8.47. The van der Waals surface area contributed by atoms with E-state index in [4.69, 9.17) is 9.47 Å². The van der Waals surface area contributed by atoms with Gasteiger partial charge in [-0.2, -0.15) is 0 Å². The van der Waals surface area contributed by atoms with Gasteiger partial charge in [0.1, 0.15) is 23.9 Å². The Bertz CT molecular complexity index is 1030. The number of ether oxygens (including phenoxy) is 2. The van der Waals surface area contributed by atoms with E-state index in [1.54, 1.807) is 0 Å². The zero-order valence-corrected chi connectivity index (χ0v) is 19.7. The van der Waals surface area contributed by atoms with Gasteiger partial charge in [-0.05, 0) is 73.2 Å². The molecule has 0 saturated carbocycles. The summed E-state index contributed by atoms with van der Waals surface area (Å²) < 4.78 is 12.4. The molecule has 32 heavy (non-hydrogen) atoms. The van der Waals surface area contributed by atoms with Crippen molar-refractivity contribution < 1.29 is 14.3 Å². The number of carbonyl (C=O) groups excluding carboxylic acids is 1. The van der Waals surface area contributed by atoms with Gasteiger partial charge in [0.25, 0.3) is 0 Å². The van der Waals surface area contributed by atoms with E-state index in [1.807, 2.05) is 63.2 Å². The smallest absolute Gasteiger partial charge is 0.224 e. The maximum Gasteiger partial charge on any atom is 0.224 e. The van der Waals surface area contributed by atoms with Crippen molar-refractivity contribution in [1.82, 2.24) is 0 Å². The summed E-state index contributed by atoms with van der Waals surface area (Å²) in [7, 11) is 0. The largest absolute Gasteiger partial charge is 0.489 e. The van der Waals surface area contributed by atoms with Crippen LogP contribution in [0.5, 0.6) is 17.2 Å². The lowest BCUT2D eigenvalue weighted by Crippen LogP contribution is -2.11. The van der Waals surface area contributed by atoms with Crippen molar-refractivity contribution in [2.45, 2.75) is 60.0 Å². The van der Waals surface area contributed by atoms with Gasteiger partial charge in [0.15, 0.2) is 0 Å². The van der Waals surface area contributed by atoms with Crippen LogP contribution in [0.15, 0.2) is 60.7 Å². The van der Waals surface area contributed by atoms with Crippen molar-refractivity contribution in [3.8, 4) is 17.2 Å². The number of hydrogen-bond donors (Lipinski definition) is 1. The molecule has 3 rings (SSSR count). The first-order valence-corrected chi connectivity index (χ1v) is 11.3. The number of benzene rings is 3. The van der Waals surface area contributed by atoms with Gasteiger partial charge in [0.05, 0.1) is 0 Å². The highest BCUT2D eigenvalue weighted by Gasteiger charge is 2.14. The van der Waals surface area contributed by atoms with Crippen molar-refractivity contribution in [3.63, 3.8) is 0 Å². The van der Waals surface area contributed by atoms with Crippen LogP contribution in [-0.2, 0) is 11.4 Å². The van der Waals surface area contributed by atoms with Gasteiger partial charge < -0.3 is 14.8 Å². The minimum absolute atomic E-state index is 0.0348. The molecule has 0 heterocycles. The molecule has 0 atom stereocenters. The van der Waals surface area contributed by atoms with Crippen LogP contribution in [0.1, 0.15) is 61.8 Å². The molecule has 0 saturated heterocycles. The fourth-order valence-electron chi connectivity index (χ4n) is 3.66. The van der Waals surface area contributed by atoms with Gasteiger partial charge in [0, 0.05) is 17.7 Å². The van der Waals surface area contributed by atoms with Crippen LogP contribution in [0.4, 0.5) is 5.69 Å². The highest BCUT2D eigenvalue weighted by molar-refractivity contribution is 5.91. The monoisotopic (exact) mass is 431 g/mol. The number of amides is 1. The predicted molar refractivity (Wildman–Crippen MR) is 131 cm³/mol. The Morgan fingerprint density at radius 3 is 2.28 bits per heavy atom. The van der Waals surface area contributed by atoms with Crippen LogP contribution < -0.4 is 14.8 Å². The molecule has 0 aliphatic rings. The molecule has 3 aromatic rings. The Balaban J connectivity index is 1.78. The third-order valence-electron chi connectivity index (χ3n) is 5.28. The second-order valence-corrected chi connectivity index (χ2v) is 8.47. The third-order valence-corrected chi connectivity index (χ3v) is 5.28. The standard InChI is InChI=1S/C28H33NO3/c1-6-10-27(30)29-23-15-20(4)28(21(5)16-23)32-24-13-14-26(25(17-24)19(2)3)31-18-22-11-8-7-9-12-22/h7-9,11-17,19H,6,10,18H2,1-5H3,(H,29,30). The summed E-state index contributed by atoms with van der Waals surface area (Å²) in [6, 6.07) is 20.1. The number of hydrogen-bond acceptors (Lipinski definition) is 3. The maximum absolute atomic E-state index is 11.9. The van der Waals surface area contributed by atoms with E-state index < -0.39 is 0 Å². The number of anilines is 1. The molecule has 0 aliphatic carbocycles. The molecule has 0 radical (unpaired) electrons. The van der Waals surface area contributed by atoms with Crippen molar-refractivity contribution in [2.75, 3.05) is 5.32 Å². The summed E-state index contributed by atoms with van der Waals surface area (Å²) in [6.45, 7) is 10.8. The highest BCUT2D eigenvalue weighted by Crippen LogP contribution is 2.36. The van der Waals surface area contributed by atoms with Crippen molar-refractivity contribution in [3.05, 3.63) is 82.9 Å². The average molecular weight is 432 g/mol. The van der Waals surface area contributed by atoms with Crippen LogP contribution in [0, 0.1) is 13.8 Å². The molecule has 4 nitrogen and oxygen atoms in total. The lowest BCUT2D eigenvalue weighted by molar-refractivity contribution is -0.116. The molecule has 0 aromatic heterocycles. The molecular weight excluding hydrogens is 398 g/mol. The normalized spacial score (nSPS) is 10.8. The number of nitrogens with one attached hydrogen (secondary N) is 1. The van der Waals surface area contributed by atoms with Crippen LogP contribution in [0.3, 0.4) is 0 Å². The average Bonchev–Trinajstić information content (AvgIpc) is 2.76. The van der Waals surface area contributed by atoms with Gasteiger partial charge in [0.2, 0.25) is 5.91 Å². The Morgan fingerprint density at radius 1 is 0.969 bits per heavy atom. The minimum Gasteiger partial charge on any atom is -0.489 e. The van der Waals surface area contributed by atoms with E-state index in [0.717, 1.165) is 51.6 Å². The summed E-state index contributed by atoms with van der Waals surface area (Å²) in [4.78, 5) is 11.9. The zero-order chi connectivity index (χ0) is 23.1. The number of aryl methyl sites for hydroxylation is 2. The second kappa shape index (κ2) is 10.9. The minimum atomic E-state index is 0.0348. The Kier molecular flexibility index (Phi) is 7.93. The number of carbonyl (C=O) groups is 1. The Labute approximate surface area is 191 Å². The molecular formula is C28H33NO3. The number of rotatable bonds is 9. The van der Waals surface area contributed by atoms with E-state index in [0.29, 0.717) is 18.9 Å². The first kappa shape index (κ1) is 23.4. The van der Waals surface area contributed by atoms with Crippen molar-refractivity contribution >= 4 is 11.6 Å². The van der Waals surface area contributed by atoms with E-state index >= 15 is 0 Å². The molecule has 3 aromatic carbocycles. The lowest BCUT2D eigenvalue weighted by Gasteiger charge is -2.18. The molecule has 0 aliphatic heterocycles. The van der Waals surface area contributed by atoms with Crippen molar-refractivity contribution in [2.24, 2.45) is 0 Å². The summed E-state index contributed by atoms with van der Waals surface area (Å²) in [5.41, 5.74) is 5.01. The van der Waals surface area contributed by atoms with Gasteiger partial charge in [-0.3, -0.25) is 4.79 Å². The van der Waals surface area contributed by atoms with Crippen LogP contribution >= 0.6 is 0 Å². The summed E-state index contributed by atoms with van der Waals surface area (Å²) in [5.74, 6) is 2.79. The van der Waals surface area contributed by atoms with E-state index in [2.05, 4.69) is 37.4 Å². The Morgan fingerprint density at radius 2 is 1.66 bits per heavy atom. The molecule has 0 spiro atoms. The molecule has 1 N–H and O–H groups in total. The van der Waals surface area contributed by atoms with Gasteiger partial charge in [-0.1, -0.05) is 51.1 Å². The Hall–Kier alpha value is -3.27. The molecule has 0 unspecified atom stereocenters. The summed E-state index contributed by atoms with van der Waals surface area (Å²) >= 11 is 0. The van der Waals surface area contributed by atoms with E-state index in [9.17, 15) is 4.79 Å². The van der Waals surface area contributed by atoms with E-state index in [1.165, 1.54) is 0 Å². The first-order valence-electron chi connectivity index (χ1n) is 11.3. The maximum atomic E-state index is 11.9. The topological polar surface area (TPSA) is 47.6 Å². The predicted octanol–water partition coefficient (Wildman–Crippen LogP) is 7.54. The highest BCUT2D eigenvalue weighted by atomic mass is 16.5. The lowest BCUT2D eigenvalue weighted by atomic mass is 10.0. The molecule has 0 fully saturated rings. The molecule has 4 heteroatoms. The summed E-state index contributed by atoms with van der Waals surface area (Å²) in [5, 5.41) is 2.96. The van der Waals surface area contributed by atoms with Gasteiger partial charge >= 0.3 is 0 Å². The quantitative estimate of drug-likeness (QED) is 0.381. The van der Waals surface area contributed by atoms with Crippen LogP contribution in [0.2, 0.25) is 0 Å². The molecule has 1 amide bonds. The van der Waals surface area contributed by atoms with E-state index in [-0.39, 0.29) is 5.91 Å². The van der Waals surface area contributed by atoms with Crippen LogP contribution in [0.25, 0.3) is 0 Å². The first-order chi connectivity index (χ1) is 15.4. The van der Waals surface area contributed by atoms with Crippen molar-refractivity contribution in [1.29, 1.82) is 0 Å². The van der Waals surface area contributed by atoms with Gasteiger partial charge in [-0.15, -0.1) is 0 Å².